The number of carboxylic acid groups (broad SMARTS) is 1. The Morgan fingerprint density at radius 3 is 2.44 bits per heavy atom. The van der Waals surface area contributed by atoms with Crippen LogP contribution in [-0.4, -0.2) is 21.9 Å². The second kappa shape index (κ2) is 7.59. The summed E-state index contributed by atoms with van der Waals surface area (Å²) in [5.41, 5.74) is 5.45. The molecule has 0 aliphatic rings. The number of carbonyl (C=O) groups is 1. The summed E-state index contributed by atoms with van der Waals surface area (Å²) in [7, 11) is 0. The molecule has 138 valence electrons. The lowest BCUT2D eigenvalue weighted by Crippen LogP contribution is -2.03. The van der Waals surface area contributed by atoms with Crippen LogP contribution in [0.5, 0.6) is 0 Å². The molecule has 0 aliphatic heterocycles. The molecule has 0 amide bonds. The monoisotopic (exact) mass is 400 g/mol. The van der Waals surface area contributed by atoms with Crippen LogP contribution in [0.2, 0.25) is 10.0 Å². The van der Waals surface area contributed by atoms with Gasteiger partial charge in [0, 0.05) is 33.9 Å². The fourth-order valence-electron chi connectivity index (χ4n) is 2.94. The van der Waals surface area contributed by atoms with Gasteiger partial charge in [-0.3, -0.25) is 4.99 Å². The molecule has 6 heteroatoms. The average Bonchev–Trinajstić information content (AvgIpc) is 2.90. The molecule has 0 saturated heterocycles. The topological polar surface area (TPSA) is 54.6 Å². The van der Waals surface area contributed by atoms with Crippen molar-refractivity contribution in [2.24, 2.45) is 4.99 Å². The summed E-state index contributed by atoms with van der Waals surface area (Å²) in [4.78, 5) is 15.9. The first-order valence-corrected chi connectivity index (χ1v) is 9.06. The highest BCUT2D eigenvalue weighted by atomic mass is 35.5. The van der Waals surface area contributed by atoms with Crippen LogP contribution < -0.4 is 0 Å². The predicted octanol–water partition coefficient (Wildman–Crippen LogP) is 6.16. The van der Waals surface area contributed by atoms with Gasteiger partial charge in [0.25, 0.3) is 0 Å². The summed E-state index contributed by atoms with van der Waals surface area (Å²) in [6, 6.07) is 12.6. The maximum atomic E-state index is 11.4. The van der Waals surface area contributed by atoms with Crippen molar-refractivity contribution >= 4 is 41.1 Å². The van der Waals surface area contributed by atoms with Crippen LogP contribution >= 0.6 is 23.2 Å². The first-order valence-electron chi connectivity index (χ1n) is 8.30. The second-order valence-corrected chi connectivity index (χ2v) is 7.14. The maximum absolute atomic E-state index is 11.4. The van der Waals surface area contributed by atoms with Crippen LogP contribution in [-0.2, 0) is 0 Å². The van der Waals surface area contributed by atoms with Crippen LogP contribution in [0.15, 0.2) is 47.5 Å². The molecular formula is C21H18Cl2N2O2. The molecule has 3 rings (SSSR count). The van der Waals surface area contributed by atoms with E-state index in [4.69, 9.17) is 23.2 Å². The highest BCUT2D eigenvalue weighted by molar-refractivity contribution is 6.33. The van der Waals surface area contributed by atoms with Crippen molar-refractivity contribution in [3.05, 3.63) is 80.6 Å². The molecule has 1 aromatic heterocycles. The van der Waals surface area contributed by atoms with Gasteiger partial charge in [0.05, 0.1) is 16.3 Å². The van der Waals surface area contributed by atoms with E-state index in [0.717, 1.165) is 33.9 Å². The molecule has 4 nitrogen and oxygen atoms in total. The van der Waals surface area contributed by atoms with E-state index in [-0.39, 0.29) is 10.6 Å². The normalized spacial score (nSPS) is 11.3. The minimum atomic E-state index is -1.05. The van der Waals surface area contributed by atoms with E-state index in [9.17, 15) is 9.90 Å². The van der Waals surface area contributed by atoms with E-state index in [1.54, 1.807) is 24.4 Å². The van der Waals surface area contributed by atoms with Crippen molar-refractivity contribution in [2.45, 2.75) is 20.8 Å². The van der Waals surface area contributed by atoms with E-state index >= 15 is 0 Å². The summed E-state index contributed by atoms with van der Waals surface area (Å²) < 4.78 is 1.98. The Morgan fingerprint density at radius 2 is 1.78 bits per heavy atom. The molecule has 2 aromatic carbocycles. The number of rotatable bonds is 4. The predicted molar refractivity (Wildman–Crippen MR) is 111 cm³/mol. The van der Waals surface area contributed by atoms with Gasteiger partial charge in [-0.15, -0.1) is 0 Å². The average molecular weight is 401 g/mol. The maximum Gasteiger partial charge on any atom is 0.337 e. The van der Waals surface area contributed by atoms with Crippen LogP contribution in [0.3, 0.4) is 0 Å². The molecule has 0 atom stereocenters. The van der Waals surface area contributed by atoms with E-state index in [0.29, 0.717) is 5.02 Å². The summed E-state index contributed by atoms with van der Waals surface area (Å²) in [5, 5.41) is 10.2. The minimum absolute atomic E-state index is 0.0752. The molecule has 1 N–H and O–H groups in total. The van der Waals surface area contributed by atoms with Gasteiger partial charge in [0.15, 0.2) is 0 Å². The Kier molecular flexibility index (Phi) is 5.40. The molecule has 0 saturated carbocycles. The number of hydrogen-bond donors (Lipinski definition) is 1. The van der Waals surface area contributed by atoms with Gasteiger partial charge in [0.2, 0.25) is 0 Å². The number of benzene rings is 2. The third-order valence-electron chi connectivity index (χ3n) is 4.42. The van der Waals surface area contributed by atoms with Crippen molar-refractivity contribution < 1.29 is 9.90 Å². The van der Waals surface area contributed by atoms with E-state index in [1.807, 2.05) is 49.6 Å². The largest absolute Gasteiger partial charge is 0.478 e. The molecule has 3 aromatic rings. The number of aliphatic imine (C=N–C) groups is 1. The smallest absolute Gasteiger partial charge is 0.337 e. The summed E-state index contributed by atoms with van der Waals surface area (Å²) in [6.45, 7) is 5.87. The zero-order valence-corrected chi connectivity index (χ0v) is 16.6. The Balaban J connectivity index is 2.00. The van der Waals surface area contributed by atoms with E-state index in [2.05, 4.69) is 4.99 Å². The van der Waals surface area contributed by atoms with E-state index in [1.165, 1.54) is 0 Å². The number of halogens is 2. The molecule has 0 fully saturated rings. The minimum Gasteiger partial charge on any atom is -0.478 e. The standard InChI is InChI=1S/C21H18Cl2N2O2/c1-12-4-5-16(9-20(12)23)24-11-15-8-13(2)25(14(15)3)17-6-7-19(22)18(10-17)21(26)27/h4-11H,1-3H3,(H,26,27). The number of aromatic carboxylic acids is 1. The summed E-state index contributed by atoms with van der Waals surface area (Å²) in [5.74, 6) is -1.05. The lowest BCUT2D eigenvalue weighted by atomic mass is 10.2. The van der Waals surface area contributed by atoms with Gasteiger partial charge in [-0.1, -0.05) is 29.3 Å². The zero-order chi connectivity index (χ0) is 19.7. The van der Waals surface area contributed by atoms with Crippen molar-refractivity contribution in [3.63, 3.8) is 0 Å². The van der Waals surface area contributed by atoms with Gasteiger partial charge in [-0.05, 0) is 62.7 Å². The molecule has 0 bridgehead atoms. The number of hydrogen-bond acceptors (Lipinski definition) is 2. The van der Waals surface area contributed by atoms with Gasteiger partial charge in [-0.25, -0.2) is 4.79 Å². The molecular weight excluding hydrogens is 383 g/mol. The highest BCUT2D eigenvalue weighted by Crippen LogP contribution is 2.26. The van der Waals surface area contributed by atoms with Gasteiger partial charge >= 0.3 is 5.97 Å². The molecule has 0 radical (unpaired) electrons. The summed E-state index contributed by atoms with van der Waals surface area (Å²) >= 11 is 12.1. The number of carboxylic acids is 1. The number of aryl methyl sites for hydroxylation is 2. The van der Waals surface area contributed by atoms with Crippen molar-refractivity contribution in [2.75, 3.05) is 0 Å². The van der Waals surface area contributed by atoms with Gasteiger partial charge < -0.3 is 9.67 Å². The van der Waals surface area contributed by atoms with Gasteiger partial charge in [0.1, 0.15) is 0 Å². The molecule has 0 aliphatic carbocycles. The fourth-order valence-corrected chi connectivity index (χ4v) is 3.31. The quantitative estimate of drug-likeness (QED) is 0.533. The first kappa shape index (κ1) is 19.2. The van der Waals surface area contributed by atoms with Crippen LogP contribution in [0.25, 0.3) is 5.69 Å². The fraction of sp³-hybridized carbons (Fsp3) is 0.143. The van der Waals surface area contributed by atoms with Gasteiger partial charge in [-0.2, -0.15) is 0 Å². The molecule has 1 heterocycles. The van der Waals surface area contributed by atoms with Crippen molar-refractivity contribution in [1.29, 1.82) is 0 Å². The first-order chi connectivity index (χ1) is 12.8. The molecule has 27 heavy (non-hydrogen) atoms. The Morgan fingerprint density at radius 1 is 1.04 bits per heavy atom. The molecule has 0 unspecified atom stereocenters. The number of nitrogens with zero attached hydrogens (tertiary/aromatic N) is 2. The third kappa shape index (κ3) is 3.92. The Hall–Kier alpha value is -2.56. The van der Waals surface area contributed by atoms with Crippen molar-refractivity contribution in [1.82, 2.24) is 4.57 Å². The molecule has 0 spiro atoms. The second-order valence-electron chi connectivity index (χ2n) is 6.32. The van der Waals surface area contributed by atoms with E-state index < -0.39 is 5.97 Å². The van der Waals surface area contributed by atoms with Crippen LogP contribution in [0.1, 0.15) is 32.9 Å². The third-order valence-corrected chi connectivity index (χ3v) is 5.15. The lowest BCUT2D eigenvalue weighted by molar-refractivity contribution is 0.0697. The SMILES string of the molecule is Cc1ccc(N=Cc2cc(C)n(-c3ccc(Cl)c(C(=O)O)c3)c2C)cc1Cl. The van der Waals surface area contributed by atoms with Crippen LogP contribution in [0.4, 0.5) is 5.69 Å². The highest BCUT2D eigenvalue weighted by Gasteiger charge is 2.14. The summed E-state index contributed by atoms with van der Waals surface area (Å²) in [6.07, 6.45) is 1.79. The van der Waals surface area contributed by atoms with Crippen molar-refractivity contribution in [3.8, 4) is 5.69 Å². The number of aromatic nitrogens is 1. The zero-order valence-electron chi connectivity index (χ0n) is 15.1. The Bertz CT molecular complexity index is 1070. The Labute approximate surface area is 167 Å². The lowest BCUT2D eigenvalue weighted by Gasteiger charge is -2.11. The van der Waals surface area contributed by atoms with Crippen LogP contribution in [0, 0.1) is 20.8 Å².